The lowest BCUT2D eigenvalue weighted by Crippen LogP contribution is -2.19. The molecule has 0 saturated carbocycles. The molecule has 0 aliphatic carbocycles. The number of anilines is 1. The van der Waals surface area contributed by atoms with Crippen molar-refractivity contribution in [3.8, 4) is 0 Å². The number of amides is 1. The van der Waals surface area contributed by atoms with Crippen LogP contribution in [0.15, 0.2) is 47.1 Å². The van der Waals surface area contributed by atoms with Crippen LogP contribution in [-0.2, 0) is 4.79 Å². The van der Waals surface area contributed by atoms with Gasteiger partial charge >= 0.3 is 0 Å². The first-order chi connectivity index (χ1) is 9.08. The van der Waals surface area contributed by atoms with Gasteiger partial charge in [0.25, 0.3) is 0 Å². The molecule has 1 amide bonds. The van der Waals surface area contributed by atoms with Gasteiger partial charge in [-0.05, 0) is 46.6 Å². The molecule has 5 heteroatoms. The molecule has 0 saturated heterocycles. The zero-order chi connectivity index (χ0) is 13.8. The van der Waals surface area contributed by atoms with E-state index in [1.165, 1.54) is 0 Å². The van der Waals surface area contributed by atoms with Crippen molar-refractivity contribution in [1.82, 2.24) is 4.98 Å². The van der Waals surface area contributed by atoms with Gasteiger partial charge in [-0.15, -0.1) is 0 Å². The van der Waals surface area contributed by atoms with Gasteiger partial charge in [-0.3, -0.25) is 4.79 Å². The predicted octanol–water partition coefficient (Wildman–Crippen LogP) is 4.24. The van der Waals surface area contributed by atoms with E-state index in [9.17, 15) is 4.79 Å². The Morgan fingerprint density at radius 1 is 1.26 bits per heavy atom. The summed E-state index contributed by atoms with van der Waals surface area (Å²) >= 11 is 9.35. The van der Waals surface area contributed by atoms with E-state index in [2.05, 4.69) is 26.2 Å². The van der Waals surface area contributed by atoms with E-state index in [0.717, 1.165) is 5.56 Å². The van der Waals surface area contributed by atoms with E-state index in [1.807, 2.05) is 31.2 Å². The van der Waals surface area contributed by atoms with Crippen molar-refractivity contribution in [3.05, 3.63) is 57.7 Å². The fourth-order valence-corrected chi connectivity index (χ4v) is 2.32. The Kier molecular flexibility index (Phi) is 4.56. The average Bonchev–Trinajstić information content (AvgIpc) is 2.38. The molecule has 0 fully saturated rings. The van der Waals surface area contributed by atoms with E-state index >= 15 is 0 Å². The minimum Gasteiger partial charge on any atom is -0.310 e. The zero-order valence-electron chi connectivity index (χ0n) is 10.2. The predicted molar refractivity (Wildman–Crippen MR) is 80.4 cm³/mol. The third-order valence-electron chi connectivity index (χ3n) is 2.73. The monoisotopic (exact) mass is 338 g/mol. The number of aromatic nitrogens is 1. The molecule has 98 valence electrons. The average molecular weight is 340 g/mol. The number of rotatable bonds is 3. The highest BCUT2D eigenvalue weighted by Gasteiger charge is 2.18. The van der Waals surface area contributed by atoms with Crippen LogP contribution >= 0.6 is 27.5 Å². The van der Waals surface area contributed by atoms with Gasteiger partial charge in [0.1, 0.15) is 10.4 Å². The summed E-state index contributed by atoms with van der Waals surface area (Å²) in [7, 11) is 0. The van der Waals surface area contributed by atoms with E-state index < -0.39 is 0 Å². The molecule has 1 N–H and O–H groups in total. The quantitative estimate of drug-likeness (QED) is 0.850. The highest BCUT2D eigenvalue weighted by molar-refractivity contribution is 9.10. The van der Waals surface area contributed by atoms with Crippen LogP contribution in [0.2, 0.25) is 5.02 Å². The number of nitrogens with zero attached hydrogens (tertiary/aromatic N) is 1. The molecule has 1 aromatic carbocycles. The number of halogens is 2. The molecule has 0 spiro atoms. The third-order valence-corrected chi connectivity index (χ3v) is 3.52. The largest absolute Gasteiger partial charge is 0.310 e. The molecule has 0 radical (unpaired) electrons. The van der Waals surface area contributed by atoms with Crippen molar-refractivity contribution in [2.75, 3.05) is 5.32 Å². The molecule has 1 heterocycles. The van der Waals surface area contributed by atoms with Gasteiger partial charge < -0.3 is 5.32 Å². The molecule has 3 nitrogen and oxygen atoms in total. The normalized spacial score (nSPS) is 11.9. The Morgan fingerprint density at radius 2 is 2.00 bits per heavy atom. The highest BCUT2D eigenvalue weighted by atomic mass is 79.9. The van der Waals surface area contributed by atoms with Gasteiger partial charge in [0.05, 0.1) is 5.92 Å². The van der Waals surface area contributed by atoms with Crippen LogP contribution in [0.5, 0.6) is 0 Å². The Bertz CT molecular complexity index is 604. The molecule has 19 heavy (non-hydrogen) atoms. The summed E-state index contributed by atoms with van der Waals surface area (Å²) in [4.78, 5) is 16.3. The summed E-state index contributed by atoms with van der Waals surface area (Å²) in [6, 6.07) is 12.7. The van der Waals surface area contributed by atoms with Gasteiger partial charge in [0.15, 0.2) is 0 Å². The lowest BCUT2D eigenvalue weighted by atomic mass is 10.0. The topological polar surface area (TPSA) is 42.0 Å². The first kappa shape index (κ1) is 14.0. The van der Waals surface area contributed by atoms with Crippen molar-refractivity contribution in [3.63, 3.8) is 0 Å². The van der Waals surface area contributed by atoms with Crippen LogP contribution in [0, 0.1) is 0 Å². The van der Waals surface area contributed by atoms with Crippen molar-refractivity contribution < 1.29 is 4.79 Å². The highest BCUT2D eigenvalue weighted by Crippen LogP contribution is 2.25. The van der Waals surface area contributed by atoms with Crippen LogP contribution in [-0.4, -0.2) is 10.9 Å². The van der Waals surface area contributed by atoms with Crippen molar-refractivity contribution in [1.29, 1.82) is 0 Å². The van der Waals surface area contributed by atoms with Gasteiger partial charge in [-0.2, -0.15) is 0 Å². The number of carbonyl (C=O) groups excluding carboxylic acids is 1. The third kappa shape index (κ3) is 3.55. The van der Waals surface area contributed by atoms with Crippen LogP contribution in [0.1, 0.15) is 18.4 Å². The summed E-state index contributed by atoms with van der Waals surface area (Å²) in [5.74, 6) is 0.0338. The van der Waals surface area contributed by atoms with Gasteiger partial charge in [-0.25, -0.2) is 4.98 Å². The lowest BCUT2D eigenvalue weighted by Gasteiger charge is -2.13. The van der Waals surface area contributed by atoms with Crippen molar-refractivity contribution in [2.24, 2.45) is 0 Å². The standard InChI is InChI=1S/C14H12BrClN2O/c1-9(10-5-2-3-6-11(10)16)14(19)18-13-8-4-7-12(15)17-13/h2-9H,1H3,(H,17,18,19). The first-order valence-corrected chi connectivity index (χ1v) is 6.93. The molecule has 1 atom stereocenters. The zero-order valence-corrected chi connectivity index (χ0v) is 12.6. The Hall–Kier alpha value is -1.39. The van der Waals surface area contributed by atoms with Gasteiger partial charge in [0, 0.05) is 5.02 Å². The molecular formula is C14H12BrClN2O. The number of benzene rings is 1. The minimum absolute atomic E-state index is 0.140. The summed E-state index contributed by atoms with van der Waals surface area (Å²) < 4.78 is 0.677. The molecule has 2 rings (SSSR count). The molecule has 0 aliphatic heterocycles. The number of nitrogens with one attached hydrogen (secondary N) is 1. The smallest absolute Gasteiger partial charge is 0.232 e. The van der Waals surface area contributed by atoms with E-state index in [4.69, 9.17) is 11.6 Å². The fourth-order valence-electron chi connectivity index (χ4n) is 1.68. The maximum atomic E-state index is 12.2. The molecule has 2 aromatic rings. The Morgan fingerprint density at radius 3 is 2.68 bits per heavy atom. The second-order valence-electron chi connectivity index (χ2n) is 4.08. The van der Waals surface area contributed by atoms with Crippen LogP contribution < -0.4 is 5.32 Å². The van der Waals surface area contributed by atoms with E-state index in [1.54, 1.807) is 18.2 Å². The molecule has 0 aliphatic rings. The van der Waals surface area contributed by atoms with Gasteiger partial charge in [-0.1, -0.05) is 35.9 Å². The molecule has 1 aromatic heterocycles. The van der Waals surface area contributed by atoms with Crippen LogP contribution in [0.4, 0.5) is 5.82 Å². The van der Waals surface area contributed by atoms with Crippen LogP contribution in [0.25, 0.3) is 0 Å². The molecule has 1 unspecified atom stereocenters. The van der Waals surface area contributed by atoms with E-state index in [-0.39, 0.29) is 11.8 Å². The van der Waals surface area contributed by atoms with Crippen molar-refractivity contribution >= 4 is 39.3 Å². The number of hydrogen-bond acceptors (Lipinski definition) is 2. The first-order valence-electron chi connectivity index (χ1n) is 5.76. The second-order valence-corrected chi connectivity index (χ2v) is 5.30. The van der Waals surface area contributed by atoms with Crippen molar-refractivity contribution in [2.45, 2.75) is 12.8 Å². The summed E-state index contributed by atoms with van der Waals surface area (Å²) in [6.07, 6.45) is 0. The summed E-state index contributed by atoms with van der Waals surface area (Å²) in [6.45, 7) is 1.81. The van der Waals surface area contributed by atoms with Crippen LogP contribution in [0.3, 0.4) is 0 Å². The maximum Gasteiger partial charge on any atom is 0.232 e. The SMILES string of the molecule is CC(C(=O)Nc1cccc(Br)n1)c1ccccc1Cl. The summed E-state index contributed by atoms with van der Waals surface area (Å²) in [5, 5.41) is 3.36. The summed E-state index contributed by atoms with van der Waals surface area (Å²) in [5.41, 5.74) is 0.802. The lowest BCUT2D eigenvalue weighted by molar-refractivity contribution is -0.117. The van der Waals surface area contributed by atoms with E-state index in [0.29, 0.717) is 15.4 Å². The Labute approximate surface area is 125 Å². The number of hydrogen-bond donors (Lipinski definition) is 1. The maximum absolute atomic E-state index is 12.2. The second kappa shape index (κ2) is 6.17. The minimum atomic E-state index is -0.338. The number of carbonyl (C=O) groups is 1. The molecular weight excluding hydrogens is 328 g/mol. The fraction of sp³-hybridized carbons (Fsp3) is 0.143. The molecule has 0 bridgehead atoms. The Balaban J connectivity index is 2.14. The van der Waals surface area contributed by atoms with Gasteiger partial charge in [0.2, 0.25) is 5.91 Å². The number of pyridine rings is 1.